The van der Waals surface area contributed by atoms with Crippen molar-refractivity contribution in [2.24, 2.45) is 0 Å². The first kappa shape index (κ1) is 17.4. The van der Waals surface area contributed by atoms with Gasteiger partial charge in [-0.1, -0.05) is 23.7 Å². The van der Waals surface area contributed by atoms with E-state index in [1.54, 1.807) is 0 Å². The molecule has 0 aliphatic heterocycles. The van der Waals surface area contributed by atoms with Crippen LogP contribution in [0.25, 0.3) is 0 Å². The standard InChI is InChI=1S/C18H22ClNO3/c1-2-21-13-14-22-16-9-7-15(8-10-16)20-11-12-23-18-6-4-3-5-17(18)19/h3-10,20H,2,11-14H2,1H3. The zero-order chi connectivity index (χ0) is 16.3. The molecule has 0 aliphatic carbocycles. The largest absolute Gasteiger partial charge is 0.491 e. The first-order valence-corrected chi connectivity index (χ1v) is 8.09. The topological polar surface area (TPSA) is 39.7 Å². The third-order valence-corrected chi connectivity index (χ3v) is 3.39. The Morgan fingerprint density at radius 3 is 2.43 bits per heavy atom. The van der Waals surface area contributed by atoms with E-state index in [0.717, 1.165) is 11.4 Å². The summed E-state index contributed by atoms with van der Waals surface area (Å²) in [5, 5.41) is 3.92. The highest BCUT2D eigenvalue weighted by Crippen LogP contribution is 2.23. The molecule has 0 aliphatic rings. The Morgan fingerprint density at radius 1 is 0.913 bits per heavy atom. The number of hydrogen-bond acceptors (Lipinski definition) is 4. The van der Waals surface area contributed by atoms with E-state index in [0.29, 0.717) is 43.7 Å². The molecule has 0 bridgehead atoms. The summed E-state index contributed by atoms with van der Waals surface area (Å²) in [6.45, 7) is 5.08. The van der Waals surface area contributed by atoms with Gasteiger partial charge in [-0.15, -0.1) is 0 Å². The molecule has 124 valence electrons. The molecule has 1 N–H and O–H groups in total. The van der Waals surface area contributed by atoms with Crippen LogP contribution in [0.15, 0.2) is 48.5 Å². The number of benzene rings is 2. The maximum atomic E-state index is 6.03. The molecular formula is C18H22ClNO3. The van der Waals surface area contributed by atoms with Crippen LogP contribution >= 0.6 is 11.6 Å². The van der Waals surface area contributed by atoms with Crippen LogP contribution in [0.5, 0.6) is 11.5 Å². The van der Waals surface area contributed by atoms with Gasteiger partial charge in [-0.05, 0) is 43.3 Å². The van der Waals surface area contributed by atoms with E-state index in [1.807, 2.05) is 55.5 Å². The first-order valence-electron chi connectivity index (χ1n) is 7.71. The van der Waals surface area contributed by atoms with E-state index in [-0.39, 0.29) is 0 Å². The third-order valence-electron chi connectivity index (χ3n) is 3.08. The van der Waals surface area contributed by atoms with Crippen molar-refractivity contribution in [3.8, 4) is 11.5 Å². The van der Waals surface area contributed by atoms with Gasteiger partial charge in [0.15, 0.2) is 0 Å². The SMILES string of the molecule is CCOCCOc1ccc(NCCOc2ccccc2Cl)cc1. The van der Waals surface area contributed by atoms with Crippen molar-refractivity contribution in [3.63, 3.8) is 0 Å². The number of nitrogens with one attached hydrogen (secondary N) is 1. The lowest BCUT2D eigenvalue weighted by Crippen LogP contribution is -2.11. The van der Waals surface area contributed by atoms with Crippen LogP contribution < -0.4 is 14.8 Å². The van der Waals surface area contributed by atoms with Crippen molar-refractivity contribution in [1.82, 2.24) is 0 Å². The van der Waals surface area contributed by atoms with Gasteiger partial charge in [0.25, 0.3) is 0 Å². The zero-order valence-corrected chi connectivity index (χ0v) is 14.0. The van der Waals surface area contributed by atoms with E-state index >= 15 is 0 Å². The molecule has 0 saturated heterocycles. The molecule has 2 aromatic rings. The number of anilines is 1. The number of para-hydroxylation sites is 1. The van der Waals surface area contributed by atoms with Gasteiger partial charge in [-0.25, -0.2) is 0 Å². The molecule has 23 heavy (non-hydrogen) atoms. The summed E-state index contributed by atoms with van der Waals surface area (Å²) < 4.78 is 16.4. The van der Waals surface area contributed by atoms with E-state index in [1.165, 1.54) is 0 Å². The molecule has 2 rings (SSSR count). The Hall–Kier alpha value is -1.91. The molecule has 2 aromatic carbocycles. The molecule has 0 saturated carbocycles. The fraction of sp³-hybridized carbons (Fsp3) is 0.333. The second-order valence-corrected chi connectivity index (χ2v) is 5.18. The van der Waals surface area contributed by atoms with Gasteiger partial charge in [-0.3, -0.25) is 0 Å². The summed E-state index contributed by atoms with van der Waals surface area (Å²) in [7, 11) is 0. The van der Waals surface area contributed by atoms with Crippen molar-refractivity contribution in [1.29, 1.82) is 0 Å². The number of halogens is 1. The lowest BCUT2D eigenvalue weighted by atomic mass is 10.3. The summed E-state index contributed by atoms with van der Waals surface area (Å²) in [4.78, 5) is 0. The van der Waals surface area contributed by atoms with E-state index in [4.69, 9.17) is 25.8 Å². The van der Waals surface area contributed by atoms with Gasteiger partial charge >= 0.3 is 0 Å². The lowest BCUT2D eigenvalue weighted by molar-refractivity contribution is 0.110. The number of rotatable bonds is 10. The Bertz CT molecular complexity index is 575. The smallest absolute Gasteiger partial charge is 0.137 e. The average molecular weight is 336 g/mol. The van der Waals surface area contributed by atoms with Gasteiger partial charge in [0.1, 0.15) is 24.7 Å². The highest BCUT2D eigenvalue weighted by Gasteiger charge is 1.99. The molecule has 0 amide bonds. The van der Waals surface area contributed by atoms with Crippen LogP contribution in [0, 0.1) is 0 Å². The first-order chi connectivity index (χ1) is 11.3. The number of hydrogen-bond donors (Lipinski definition) is 1. The molecule has 4 nitrogen and oxygen atoms in total. The summed E-state index contributed by atoms with van der Waals surface area (Å²) in [5.41, 5.74) is 1.02. The summed E-state index contributed by atoms with van der Waals surface area (Å²) in [6, 6.07) is 15.3. The van der Waals surface area contributed by atoms with Gasteiger partial charge in [0.2, 0.25) is 0 Å². The fourth-order valence-electron chi connectivity index (χ4n) is 1.95. The van der Waals surface area contributed by atoms with Crippen molar-refractivity contribution in [3.05, 3.63) is 53.6 Å². The minimum Gasteiger partial charge on any atom is -0.491 e. The maximum Gasteiger partial charge on any atom is 0.137 e. The van der Waals surface area contributed by atoms with E-state index < -0.39 is 0 Å². The normalized spacial score (nSPS) is 10.3. The minimum atomic E-state index is 0.538. The second kappa shape index (κ2) is 9.98. The second-order valence-electron chi connectivity index (χ2n) is 4.78. The minimum absolute atomic E-state index is 0.538. The molecule has 0 unspecified atom stereocenters. The molecule has 5 heteroatoms. The van der Waals surface area contributed by atoms with Gasteiger partial charge in [-0.2, -0.15) is 0 Å². The van der Waals surface area contributed by atoms with Crippen LogP contribution in [0.3, 0.4) is 0 Å². The highest BCUT2D eigenvalue weighted by atomic mass is 35.5. The van der Waals surface area contributed by atoms with Crippen LogP contribution in [0.4, 0.5) is 5.69 Å². The zero-order valence-electron chi connectivity index (χ0n) is 13.3. The van der Waals surface area contributed by atoms with Crippen molar-refractivity contribution >= 4 is 17.3 Å². The van der Waals surface area contributed by atoms with Crippen LogP contribution in [0.2, 0.25) is 5.02 Å². The van der Waals surface area contributed by atoms with Crippen LogP contribution in [-0.4, -0.2) is 33.0 Å². The third kappa shape index (κ3) is 6.38. The molecule has 0 aromatic heterocycles. The predicted molar refractivity (Wildman–Crippen MR) is 93.9 cm³/mol. The van der Waals surface area contributed by atoms with Gasteiger partial charge < -0.3 is 19.5 Å². The molecule has 0 heterocycles. The van der Waals surface area contributed by atoms with Crippen molar-refractivity contribution in [2.75, 3.05) is 38.3 Å². The fourth-order valence-corrected chi connectivity index (χ4v) is 2.14. The summed E-state index contributed by atoms with van der Waals surface area (Å²) in [6.07, 6.45) is 0. The molecule has 0 radical (unpaired) electrons. The number of ether oxygens (including phenoxy) is 3. The average Bonchev–Trinajstić information content (AvgIpc) is 2.58. The van der Waals surface area contributed by atoms with Crippen LogP contribution in [0.1, 0.15) is 6.92 Å². The quantitative estimate of drug-likeness (QED) is 0.659. The summed E-state index contributed by atoms with van der Waals surface area (Å²) >= 11 is 6.03. The monoisotopic (exact) mass is 335 g/mol. The Kier molecular flexibility index (Phi) is 7.57. The van der Waals surface area contributed by atoms with Crippen molar-refractivity contribution < 1.29 is 14.2 Å². The van der Waals surface area contributed by atoms with E-state index in [2.05, 4.69) is 5.32 Å². The molecule has 0 atom stereocenters. The Morgan fingerprint density at radius 2 is 1.70 bits per heavy atom. The predicted octanol–water partition coefficient (Wildman–Crippen LogP) is 4.25. The molecule has 0 spiro atoms. The van der Waals surface area contributed by atoms with Gasteiger partial charge in [0, 0.05) is 18.8 Å². The van der Waals surface area contributed by atoms with Crippen molar-refractivity contribution in [2.45, 2.75) is 6.92 Å². The van der Waals surface area contributed by atoms with E-state index in [9.17, 15) is 0 Å². The highest BCUT2D eigenvalue weighted by molar-refractivity contribution is 6.32. The Balaban J connectivity index is 1.67. The van der Waals surface area contributed by atoms with Gasteiger partial charge in [0.05, 0.1) is 11.6 Å². The summed E-state index contributed by atoms with van der Waals surface area (Å²) in [5.74, 6) is 1.54. The lowest BCUT2D eigenvalue weighted by Gasteiger charge is -2.10. The molecular weight excluding hydrogens is 314 g/mol. The van der Waals surface area contributed by atoms with Crippen LogP contribution in [-0.2, 0) is 4.74 Å². The molecule has 0 fully saturated rings. The Labute approximate surface area is 142 Å². The maximum absolute atomic E-state index is 6.03.